The fraction of sp³-hybridized carbons (Fsp3) is 0.0417. The zero-order chi connectivity index (χ0) is 21.6. The van der Waals surface area contributed by atoms with Crippen LogP contribution in [-0.2, 0) is 0 Å². The van der Waals surface area contributed by atoms with Gasteiger partial charge in [0.25, 0.3) is 0 Å². The van der Waals surface area contributed by atoms with Gasteiger partial charge in [-0.2, -0.15) is 5.10 Å². The van der Waals surface area contributed by atoms with Gasteiger partial charge < -0.3 is 4.74 Å². The molecule has 0 aliphatic heterocycles. The van der Waals surface area contributed by atoms with Crippen LogP contribution in [-0.4, -0.2) is 17.2 Å². The number of carbonyl (C=O) groups excluding carboxylic acids is 1. The molecule has 0 aliphatic rings. The Labute approximate surface area is 189 Å². The third-order valence-electron chi connectivity index (χ3n) is 4.37. The summed E-state index contributed by atoms with van der Waals surface area (Å²) in [6.07, 6.45) is 1.68. The maximum Gasteiger partial charge on any atom is 0.343 e. The van der Waals surface area contributed by atoms with Gasteiger partial charge in [-0.25, -0.2) is 9.78 Å². The molecule has 1 heterocycles. The number of hydrazone groups is 1. The maximum absolute atomic E-state index is 12.2. The molecule has 154 valence electrons. The Kier molecular flexibility index (Phi) is 6.40. The summed E-state index contributed by atoms with van der Waals surface area (Å²) in [5.74, 6) is -0.0166. The molecule has 4 aromatic rings. The molecule has 0 radical (unpaired) electrons. The van der Waals surface area contributed by atoms with Gasteiger partial charge in [0.1, 0.15) is 5.75 Å². The Morgan fingerprint density at radius 2 is 1.84 bits per heavy atom. The van der Waals surface area contributed by atoms with E-state index in [0.717, 1.165) is 26.8 Å². The lowest BCUT2D eigenvalue weighted by atomic mass is 10.1. The van der Waals surface area contributed by atoms with E-state index >= 15 is 0 Å². The lowest BCUT2D eigenvalue weighted by Gasteiger charge is -2.05. The molecule has 3 aromatic carbocycles. The van der Waals surface area contributed by atoms with Crippen molar-refractivity contribution in [2.24, 2.45) is 5.10 Å². The van der Waals surface area contributed by atoms with Crippen LogP contribution in [0.5, 0.6) is 5.75 Å². The molecular formula is C24H18ClN3O2S. The summed E-state index contributed by atoms with van der Waals surface area (Å²) in [4.78, 5) is 17.9. The highest BCUT2D eigenvalue weighted by atomic mass is 35.5. The zero-order valence-corrected chi connectivity index (χ0v) is 18.2. The Balaban J connectivity index is 1.37. The van der Waals surface area contributed by atoms with Gasteiger partial charge in [0.2, 0.25) is 5.13 Å². The summed E-state index contributed by atoms with van der Waals surface area (Å²) in [6, 6.07) is 23.7. The van der Waals surface area contributed by atoms with Crippen LogP contribution in [0.1, 0.15) is 20.8 Å². The number of esters is 1. The highest BCUT2D eigenvalue weighted by molar-refractivity contribution is 7.16. The van der Waals surface area contributed by atoms with Crippen LogP contribution < -0.4 is 10.2 Å². The fourth-order valence-corrected chi connectivity index (χ4v) is 3.85. The Hall–Kier alpha value is -3.48. The summed E-state index contributed by atoms with van der Waals surface area (Å²) in [5.41, 5.74) is 6.26. The minimum atomic E-state index is -0.459. The number of hydrogen-bond acceptors (Lipinski definition) is 6. The van der Waals surface area contributed by atoms with Crippen molar-refractivity contribution in [2.75, 3.05) is 5.43 Å². The smallest absolute Gasteiger partial charge is 0.343 e. The van der Waals surface area contributed by atoms with Crippen molar-refractivity contribution in [2.45, 2.75) is 6.92 Å². The quantitative estimate of drug-likeness (QED) is 0.160. The number of aryl methyl sites for hydroxylation is 1. The molecule has 1 N–H and O–H groups in total. The van der Waals surface area contributed by atoms with Crippen LogP contribution in [0.4, 0.5) is 5.13 Å². The summed E-state index contributed by atoms with van der Waals surface area (Å²) in [6.45, 7) is 2.04. The topological polar surface area (TPSA) is 63.6 Å². The van der Waals surface area contributed by atoms with Gasteiger partial charge in [-0.1, -0.05) is 48.0 Å². The number of anilines is 1. The first-order chi connectivity index (χ1) is 15.1. The van der Waals surface area contributed by atoms with Gasteiger partial charge in [0, 0.05) is 15.5 Å². The van der Waals surface area contributed by atoms with Crippen LogP contribution in [0.2, 0.25) is 5.02 Å². The lowest BCUT2D eigenvalue weighted by molar-refractivity contribution is 0.0735. The number of ether oxygens (including phenoxy) is 1. The summed E-state index contributed by atoms with van der Waals surface area (Å²) < 4.78 is 5.38. The van der Waals surface area contributed by atoms with Crippen LogP contribution in [0.25, 0.3) is 11.3 Å². The van der Waals surface area contributed by atoms with Crippen molar-refractivity contribution in [3.8, 4) is 17.0 Å². The van der Waals surface area contributed by atoms with E-state index < -0.39 is 5.97 Å². The van der Waals surface area contributed by atoms with Gasteiger partial charge in [0.05, 0.1) is 17.5 Å². The van der Waals surface area contributed by atoms with E-state index in [9.17, 15) is 4.79 Å². The molecule has 0 bridgehead atoms. The van der Waals surface area contributed by atoms with E-state index in [1.165, 1.54) is 0 Å². The van der Waals surface area contributed by atoms with Gasteiger partial charge >= 0.3 is 5.97 Å². The van der Waals surface area contributed by atoms with Crippen LogP contribution in [0.15, 0.2) is 84.0 Å². The second-order valence-corrected chi connectivity index (χ2v) is 8.27. The van der Waals surface area contributed by atoms with Crippen molar-refractivity contribution in [1.82, 2.24) is 4.98 Å². The Morgan fingerprint density at radius 1 is 1.06 bits per heavy atom. The van der Waals surface area contributed by atoms with Crippen LogP contribution in [0, 0.1) is 6.92 Å². The average Bonchev–Trinajstić information content (AvgIpc) is 3.16. The van der Waals surface area contributed by atoms with E-state index in [0.29, 0.717) is 16.3 Å². The predicted molar refractivity (Wildman–Crippen MR) is 126 cm³/mol. The first kappa shape index (κ1) is 20.8. The first-order valence-electron chi connectivity index (χ1n) is 9.48. The zero-order valence-electron chi connectivity index (χ0n) is 16.6. The molecule has 4 rings (SSSR count). The molecule has 31 heavy (non-hydrogen) atoms. The third-order valence-corrected chi connectivity index (χ3v) is 5.48. The van der Waals surface area contributed by atoms with Gasteiger partial charge in [-0.15, -0.1) is 11.3 Å². The Bertz CT molecular complexity index is 1220. The SMILES string of the molecule is Cc1sc(NN=Cc2ccc(OC(=O)c3cccc(Cl)c3)cc2)nc1-c1ccccc1. The van der Waals surface area contributed by atoms with Crippen molar-refractivity contribution >= 4 is 40.3 Å². The van der Waals surface area contributed by atoms with E-state index in [1.807, 2.05) is 49.4 Å². The minimum Gasteiger partial charge on any atom is -0.423 e. The molecule has 0 aliphatic carbocycles. The number of hydrogen-bond donors (Lipinski definition) is 1. The molecular weight excluding hydrogens is 430 g/mol. The van der Waals surface area contributed by atoms with Crippen molar-refractivity contribution in [3.63, 3.8) is 0 Å². The summed E-state index contributed by atoms with van der Waals surface area (Å²) in [5, 5.41) is 5.47. The number of aromatic nitrogens is 1. The summed E-state index contributed by atoms with van der Waals surface area (Å²) >= 11 is 7.46. The number of thiazole rings is 1. The normalized spacial score (nSPS) is 10.9. The number of halogens is 1. The monoisotopic (exact) mass is 447 g/mol. The highest BCUT2D eigenvalue weighted by Gasteiger charge is 2.10. The maximum atomic E-state index is 12.2. The highest BCUT2D eigenvalue weighted by Crippen LogP contribution is 2.30. The number of nitrogens with one attached hydrogen (secondary N) is 1. The Morgan fingerprint density at radius 3 is 2.58 bits per heavy atom. The molecule has 0 atom stereocenters. The van der Waals surface area contributed by atoms with E-state index in [2.05, 4.69) is 15.5 Å². The fourth-order valence-electron chi connectivity index (χ4n) is 2.87. The van der Waals surface area contributed by atoms with Gasteiger partial charge in [-0.3, -0.25) is 5.43 Å². The molecule has 1 aromatic heterocycles. The minimum absolute atomic E-state index is 0.399. The standard InChI is InChI=1S/C24H18ClN3O2S/c1-16-22(18-6-3-2-4-7-18)27-24(31-16)28-26-15-17-10-12-21(13-11-17)30-23(29)19-8-5-9-20(25)14-19/h2-15H,1H3,(H,27,28). The second-order valence-electron chi connectivity index (χ2n) is 6.63. The molecule has 5 nitrogen and oxygen atoms in total. The van der Waals surface area contributed by atoms with Gasteiger partial charge in [0.15, 0.2) is 0 Å². The number of rotatable bonds is 6. The average molecular weight is 448 g/mol. The number of nitrogens with zero attached hydrogens (tertiary/aromatic N) is 2. The van der Waals surface area contributed by atoms with Crippen LogP contribution >= 0.6 is 22.9 Å². The largest absolute Gasteiger partial charge is 0.423 e. The van der Waals surface area contributed by atoms with E-state index in [4.69, 9.17) is 16.3 Å². The third kappa shape index (κ3) is 5.36. The van der Waals surface area contributed by atoms with Gasteiger partial charge in [-0.05, 0) is 55.0 Å². The van der Waals surface area contributed by atoms with E-state index in [1.54, 1.807) is 53.9 Å². The lowest BCUT2D eigenvalue weighted by Crippen LogP contribution is -2.08. The van der Waals surface area contributed by atoms with E-state index in [-0.39, 0.29) is 0 Å². The molecule has 0 saturated carbocycles. The number of benzene rings is 3. The summed E-state index contributed by atoms with van der Waals surface area (Å²) in [7, 11) is 0. The molecule has 0 saturated heterocycles. The molecule has 0 unspecified atom stereocenters. The first-order valence-corrected chi connectivity index (χ1v) is 10.7. The van der Waals surface area contributed by atoms with Crippen molar-refractivity contribution in [3.05, 3.63) is 99.9 Å². The molecule has 0 amide bonds. The molecule has 0 fully saturated rings. The molecule has 7 heteroatoms. The molecule has 0 spiro atoms. The predicted octanol–water partition coefficient (Wildman–Crippen LogP) is 6.44. The second kappa shape index (κ2) is 9.55. The van der Waals surface area contributed by atoms with Crippen molar-refractivity contribution < 1.29 is 9.53 Å². The van der Waals surface area contributed by atoms with Crippen LogP contribution in [0.3, 0.4) is 0 Å². The van der Waals surface area contributed by atoms with Crippen molar-refractivity contribution in [1.29, 1.82) is 0 Å². The number of carbonyl (C=O) groups is 1.